The first-order chi connectivity index (χ1) is 13.6. The number of carbonyl (C=O) groups is 1. The molecule has 2 fully saturated rings. The number of anilines is 2. The van der Waals surface area contributed by atoms with Crippen LogP contribution in [0.15, 0.2) is 30.3 Å². The number of carbonyl (C=O) groups excluding carboxylic acids is 1. The lowest BCUT2D eigenvalue weighted by Crippen LogP contribution is -2.49. The van der Waals surface area contributed by atoms with Crippen molar-refractivity contribution in [2.75, 3.05) is 49.1 Å². The molecule has 1 amide bonds. The van der Waals surface area contributed by atoms with Crippen molar-refractivity contribution in [3.8, 4) is 0 Å². The highest BCUT2D eigenvalue weighted by Crippen LogP contribution is 2.20. The molecule has 2 aromatic rings. The summed E-state index contributed by atoms with van der Waals surface area (Å²) in [6, 6.07) is 7.01. The highest BCUT2D eigenvalue weighted by Gasteiger charge is 2.25. The Morgan fingerprint density at radius 2 is 1.39 bits per heavy atom. The average molecular weight is 387 g/mol. The van der Waals surface area contributed by atoms with Gasteiger partial charge in [0.15, 0.2) is 11.6 Å². The summed E-state index contributed by atoms with van der Waals surface area (Å²) in [5.74, 6) is -0.245. The van der Waals surface area contributed by atoms with E-state index in [-0.39, 0.29) is 5.56 Å². The molecule has 28 heavy (non-hydrogen) atoms. The average Bonchev–Trinajstić information content (AvgIpc) is 2.74. The van der Waals surface area contributed by atoms with Gasteiger partial charge in [-0.25, -0.2) is 8.78 Å². The minimum atomic E-state index is -0.827. The number of halogens is 2. The van der Waals surface area contributed by atoms with Crippen molar-refractivity contribution in [1.82, 2.24) is 15.1 Å². The van der Waals surface area contributed by atoms with Gasteiger partial charge in [0.2, 0.25) is 0 Å². The monoisotopic (exact) mass is 387 g/mol. The lowest BCUT2D eigenvalue weighted by molar-refractivity contribution is 0.0741. The van der Waals surface area contributed by atoms with Crippen LogP contribution in [0.5, 0.6) is 0 Å². The van der Waals surface area contributed by atoms with Crippen LogP contribution in [0.4, 0.5) is 20.4 Å². The van der Waals surface area contributed by atoms with E-state index in [9.17, 15) is 13.6 Å². The fourth-order valence-corrected chi connectivity index (χ4v) is 3.75. The molecule has 6 nitrogen and oxygen atoms in total. The SMILES string of the molecule is O=C(c1ccc(F)cc1F)N1CCN(c2ccc(N3CCCCC3)nn2)CC1. The third-order valence-corrected chi connectivity index (χ3v) is 5.37. The number of rotatable bonds is 3. The first-order valence-corrected chi connectivity index (χ1v) is 9.70. The second-order valence-corrected chi connectivity index (χ2v) is 7.20. The summed E-state index contributed by atoms with van der Waals surface area (Å²) in [7, 11) is 0. The zero-order chi connectivity index (χ0) is 19.5. The van der Waals surface area contributed by atoms with Crippen LogP contribution in [0.25, 0.3) is 0 Å². The van der Waals surface area contributed by atoms with Gasteiger partial charge in [-0.2, -0.15) is 0 Å². The van der Waals surface area contributed by atoms with Crippen LogP contribution in [-0.4, -0.2) is 60.3 Å². The Labute approximate surface area is 162 Å². The van der Waals surface area contributed by atoms with Crippen LogP contribution >= 0.6 is 0 Å². The number of amides is 1. The Kier molecular flexibility index (Phi) is 5.36. The van der Waals surface area contributed by atoms with E-state index in [1.165, 1.54) is 25.3 Å². The Hall–Kier alpha value is -2.77. The van der Waals surface area contributed by atoms with Gasteiger partial charge in [-0.3, -0.25) is 4.79 Å². The topological polar surface area (TPSA) is 52.6 Å². The molecule has 0 radical (unpaired) electrons. The third-order valence-electron chi connectivity index (χ3n) is 5.37. The standard InChI is InChI=1S/C20H23F2N5O/c21-15-4-5-16(17(22)14-15)20(28)27-12-10-26(11-13-27)19-7-6-18(23-24-19)25-8-2-1-3-9-25/h4-7,14H,1-3,8-13H2. The van der Waals surface area contributed by atoms with Crippen LogP contribution < -0.4 is 9.80 Å². The maximum Gasteiger partial charge on any atom is 0.256 e. The molecule has 2 aliphatic rings. The van der Waals surface area contributed by atoms with Crippen LogP contribution in [-0.2, 0) is 0 Å². The van der Waals surface area contributed by atoms with Crippen LogP contribution in [0.1, 0.15) is 29.6 Å². The van der Waals surface area contributed by atoms with E-state index in [0.717, 1.165) is 36.9 Å². The molecule has 1 aromatic carbocycles. The Morgan fingerprint density at radius 1 is 0.786 bits per heavy atom. The molecule has 0 atom stereocenters. The van der Waals surface area contributed by atoms with Gasteiger partial charge in [0.25, 0.3) is 5.91 Å². The Bertz CT molecular complexity index is 831. The number of nitrogens with zero attached hydrogens (tertiary/aromatic N) is 5. The molecule has 2 saturated heterocycles. The summed E-state index contributed by atoms with van der Waals surface area (Å²) in [5, 5.41) is 8.73. The van der Waals surface area contributed by atoms with E-state index in [4.69, 9.17) is 0 Å². The van der Waals surface area contributed by atoms with Crippen molar-refractivity contribution in [3.05, 3.63) is 47.5 Å². The minimum absolute atomic E-state index is 0.0967. The molecule has 1 aromatic heterocycles. The van der Waals surface area contributed by atoms with Crippen LogP contribution in [0.3, 0.4) is 0 Å². The molecule has 0 unspecified atom stereocenters. The van der Waals surface area contributed by atoms with Crippen molar-refractivity contribution in [2.45, 2.75) is 19.3 Å². The number of benzene rings is 1. The van der Waals surface area contributed by atoms with Crippen molar-refractivity contribution < 1.29 is 13.6 Å². The van der Waals surface area contributed by atoms with Gasteiger partial charge in [-0.15, -0.1) is 10.2 Å². The highest BCUT2D eigenvalue weighted by molar-refractivity contribution is 5.94. The predicted molar refractivity (Wildman–Crippen MR) is 103 cm³/mol. The third kappa shape index (κ3) is 3.90. The molecule has 0 saturated carbocycles. The summed E-state index contributed by atoms with van der Waals surface area (Å²) >= 11 is 0. The molecule has 2 aliphatic heterocycles. The minimum Gasteiger partial charge on any atom is -0.355 e. The number of piperidine rings is 1. The second-order valence-electron chi connectivity index (χ2n) is 7.20. The van der Waals surface area contributed by atoms with Crippen molar-refractivity contribution in [3.63, 3.8) is 0 Å². The lowest BCUT2D eigenvalue weighted by atomic mass is 10.1. The molecule has 3 heterocycles. The highest BCUT2D eigenvalue weighted by atomic mass is 19.1. The summed E-state index contributed by atoms with van der Waals surface area (Å²) in [5.41, 5.74) is -0.0967. The van der Waals surface area contributed by atoms with Gasteiger partial charge in [0.1, 0.15) is 11.6 Å². The number of piperazine rings is 1. The molecule has 8 heteroatoms. The van der Waals surface area contributed by atoms with Crippen molar-refractivity contribution in [2.24, 2.45) is 0 Å². The summed E-state index contributed by atoms with van der Waals surface area (Å²) in [4.78, 5) is 18.4. The van der Waals surface area contributed by atoms with Gasteiger partial charge < -0.3 is 14.7 Å². The zero-order valence-corrected chi connectivity index (χ0v) is 15.7. The van der Waals surface area contributed by atoms with Gasteiger partial charge in [-0.1, -0.05) is 0 Å². The van der Waals surface area contributed by atoms with Crippen molar-refractivity contribution in [1.29, 1.82) is 0 Å². The summed E-state index contributed by atoms with van der Waals surface area (Å²) in [6.07, 6.45) is 3.65. The fraction of sp³-hybridized carbons (Fsp3) is 0.450. The van der Waals surface area contributed by atoms with Crippen LogP contribution in [0, 0.1) is 11.6 Å². The van der Waals surface area contributed by atoms with E-state index >= 15 is 0 Å². The molecular weight excluding hydrogens is 364 g/mol. The number of aromatic nitrogens is 2. The number of hydrogen-bond acceptors (Lipinski definition) is 5. The van der Waals surface area contributed by atoms with Crippen LogP contribution in [0.2, 0.25) is 0 Å². The predicted octanol–water partition coefficient (Wildman–Crippen LogP) is 2.71. The fourth-order valence-electron chi connectivity index (χ4n) is 3.75. The lowest BCUT2D eigenvalue weighted by Gasteiger charge is -2.35. The molecule has 148 valence electrons. The summed E-state index contributed by atoms with van der Waals surface area (Å²) in [6.45, 7) is 4.12. The van der Waals surface area contributed by atoms with E-state index in [0.29, 0.717) is 26.2 Å². The smallest absolute Gasteiger partial charge is 0.256 e. The number of hydrogen-bond donors (Lipinski definition) is 0. The van der Waals surface area contributed by atoms with Gasteiger partial charge in [0.05, 0.1) is 5.56 Å². The Morgan fingerprint density at radius 3 is 1.96 bits per heavy atom. The summed E-state index contributed by atoms with van der Waals surface area (Å²) < 4.78 is 26.9. The largest absolute Gasteiger partial charge is 0.355 e. The first-order valence-electron chi connectivity index (χ1n) is 9.70. The quantitative estimate of drug-likeness (QED) is 0.811. The first kappa shape index (κ1) is 18.6. The zero-order valence-electron chi connectivity index (χ0n) is 15.7. The van der Waals surface area contributed by atoms with Gasteiger partial charge >= 0.3 is 0 Å². The van der Waals surface area contributed by atoms with Crippen molar-refractivity contribution >= 4 is 17.5 Å². The molecule has 0 N–H and O–H groups in total. The molecule has 0 aliphatic carbocycles. The molecule has 4 rings (SSSR count). The second kappa shape index (κ2) is 8.08. The molecular formula is C20H23F2N5O. The Balaban J connectivity index is 1.36. The van der Waals surface area contributed by atoms with Gasteiger partial charge in [-0.05, 0) is 43.5 Å². The molecule has 0 spiro atoms. The maximum absolute atomic E-state index is 13.9. The normalized spacial score (nSPS) is 17.7. The van der Waals surface area contributed by atoms with Gasteiger partial charge in [0, 0.05) is 45.3 Å². The van der Waals surface area contributed by atoms with E-state index < -0.39 is 17.5 Å². The maximum atomic E-state index is 13.9. The molecule has 0 bridgehead atoms. The van der Waals surface area contributed by atoms with E-state index in [1.807, 2.05) is 12.1 Å². The van der Waals surface area contributed by atoms with E-state index in [1.54, 1.807) is 4.90 Å². The van der Waals surface area contributed by atoms with E-state index in [2.05, 4.69) is 20.0 Å².